The van der Waals surface area contributed by atoms with Crippen LogP contribution in [0.25, 0.3) is 5.53 Å². The van der Waals surface area contributed by atoms with E-state index in [-0.39, 0.29) is 11.7 Å². The fourth-order valence-electron chi connectivity index (χ4n) is 1.71. The van der Waals surface area contributed by atoms with E-state index in [4.69, 9.17) is 5.53 Å². The molecule has 3 heteroatoms. The van der Waals surface area contributed by atoms with E-state index in [1.807, 2.05) is 0 Å². The molecule has 3 nitrogen and oxygen atoms in total. The molecule has 0 aromatic rings. The number of hydrogen-bond donors (Lipinski definition) is 0. The van der Waals surface area contributed by atoms with Gasteiger partial charge in [-0.25, -0.2) is 0 Å². The molecule has 1 rings (SSSR count). The first-order chi connectivity index (χ1) is 5.74. The van der Waals surface area contributed by atoms with Crippen molar-refractivity contribution >= 4 is 12.0 Å². The molecule has 1 saturated carbocycles. The summed E-state index contributed by atoms with van der Waals surface area (Å²) in [6.45, 7) is 2.21. The predicted molar refractivity (Wildman–Crippen MR) is 45.8 cm³/mol. The van der Waals surface area contributed by atoms with Crippen LogP contribution in [-0.2, 0) is 4.79 Å². The van der Waals surface area contributed by atoms with E-state index in [0.717, 1.165) is 37.8 Å². The summed E-state index contributed by atoms with van der Waals surface area (Å²) in [5.74, 6) is 0.835. The monoisotopic (exact) mass is 166 g/mol. The molecule has 0 aliphatic heterocycles. The topological polar surface area (TPSA) is 53.5 Å². The number of carbonyl (C=O) groups is 1. The summed E-state index contributed by atoms with van der Waals surface area (Å²) in [7, 11) is 0. The highest BCUT2D eigenvalue weighted by Gasteiger charge is 2.24. The zero-order valence-electron chi connectivity index (χ0n) is 7.36. The quantitative estimate of drug-likeness (QED) is 0.350. The Morgan fingerprint density at radius 3 is 2.50 bits per heavy atom. The van der Waals surface area contributed by atoms with E-state index in [1.165, 1.54) is 0 Å². The molecule has 66 valence electrons. The Kier molecular flexibility index (Phi) is 3.18. The molecule has 0 aromatic heterocycles. The number of nitrogens with zero attached hydrogens (tertiary/aromatic N) is 2. The van der Waals surface area contributed by atoms with Crippen molar-refractivity contribution in [3.05, 3.63) is 5.53 Å². The largest absolute Gasteiger partial charge is 0.361 e. The molecule has 0 atom stereocenters. The summed E-state index contributed by atoms with van der Waals surface area (Å²) >= 11 is 0. The van der Waals surface area contributed by atoms with Crippen LogP contribution in [0.3, 0.4) is 0 Å². The maximum Gasteiger partial charge on any atom is 0.323 e. The van der Waals surface area contributed by atoms with Gasteiger partial charge in [-0.1, -0.05) is 19.8 Å². The molecular weight excluding hydrogens is 152 g/mol. The Labute approximate surface area is 72.4 Å². The first kappa shape index (κ1) is 9.14. The molecule has 1 fully saturated rings. The third-order valence-electron chi connectivity index (χ3n) is 2.60. The molecule has 0 bridgehead atoms. The highest BCUT2D eigenvalue weighted by atomic mass is 16.1. The minimum absolute atomic E-state index is 0.0237. The van der Waals surface area contributed by atoms with E-state index in [0.29, 0.717) is 0 Å². The van der Waals surface area contributed by atoms with Crippen molar-refractivity contribution in [1.29, 1.82) is 0 Å². The fourth-order valence-corrected chi connectivity index (χ4v) is 1.71. The molecule has 0 spiro atoms. The zero-order valence-corrected chi connectivity index (χ0v) is 7.36. The van der Waals surface area contributed by atoms with E-state index < -0.39 is 0 Å². The average Bonchev–Trinajstić information content (AvgIpc) is 2.06. The lowest BCUT2D eigenvalue weighted by Crippen LogP contribution is -2.21. The van der Waals surface area contributed by atoms with Gasteiger partial charge < -0.3 is 5.53 Å². The Morgan fingerprint density at radius 2 is 2.00 bits per heavy atom. The molecule has 1 aliphatic carbocycles. The van der Waals surface area contributed by atoms with E-state index in [1.54, 1.807) is 0 Å². The van der Waals surface area contributed by atoms with Crippen LogP contribution in [0.2, 0.25) is 0 Å². The van der Waals surface area contributed by atoms with Crippen molar-refractivity contribution < 1.29 is 9.58 Å². The fraction of sp³-hybridized carbons (Fsp3) is 0.778. The van der Waals surface area contributed by atoms with Crippen LogP contribution < -0.4 is 0 Å². The summed E-state index contributed by atoms with van der Waals surface area (Å²) < 4.78 is 0. The van der Waals surface area contributed by atoms with Crippen LogP contribution in [0.1, 0.15) is 32.6 Å². The molecule has 0 aromatic carbocycles. The smallest absolute Gasteiger partial charge is 0.323 e. The second-order valence-corrected chi connectivity index (χ2v) is 3.60. The Morgan fingerprint density at radius 1 is 1.42 bits per heavy atom. The van der Waals surface area contributed by atoms with Crippen molar-refractivity contribution in [1.82, 2.24) is 0 Å². The number of rotatable bonds is 2. The highest BCUT2D eigenvalue weighted by molar-refractivity contribution is 6.26. The maximum atomic E-state index is 11.2. The molecule has 1 aliphatic rings. The molecule has 0 saturated heterocycles. The van der Waals surface area contributed by atoms with E-state index >= 15 is 0 Å². The van der Waals surface area contributed by atoms with Crippen molar-refractivity contribution in [3.8, 4) is 0 Å². The predicted octanol–water partition coefficient (Wildman–Crippen LogP) is 1.68. The normalized spacial score (nSPS) is 29.1. The van der Waals surface area contributed by atoms with Crippen LogP contribution in [-0.4, -0.2) is 16.8 Å². The second kappa shape index (κ2) is 4.17. The summed E-state index contributed by atoms with van der Waals surface area (Å²) in [5, 5.41) is 0. The second-order valence-electron chi connectivity index (χ2n) is 3.60. The first-order valence-electron chi connectivity index (χ1n) is 4.45. The third kappa shape index (κ3) is 2.28. The molecule has 0 N–H and O–H groups in total. The van der Waals surface area contributed by atoms with E-state index in [2.05, 4.69) is 11.7 Å². The number of hydrogen-bond acceptors (Lipinski definition) is 1. The minimum atomic E-state index is -0.0237. The van der Waals surface area contributed by atoms with Gasteiger partial charge in [-0.3, -0.25) is 4.79 Å². The molecule has 0 radical (unpaired) electrons. The third-order valence-corrected chi connectivity index (χ3v) is 2.60. The molecular formula is C9H14N2O. The van der Waals surface area contributed by atoms with Gasteiger partial charge in [0.1, 0.15) is 0 Å². The van der Waals surface area contributed by atoms with Gasteiger partial charge in [0.2, 0.25) is 5.78 Å². The maximum absolute atomic E-state index is 11.2. The lowest BCUT2D eigenvalue weighted by Gasteiger charge is -2.22. The summed E-state index contributed by atoms with van der Waals surface area (Å²) in [5.41, 5.74) is 8.17. The zero-order chi connectivity index (χ0) is 8.97. The van der Waals surface area contributed by atoms with Crippen molar-refractivity contribution in [2.45, 2.75) is 32.6 Å². The van der Waals surface area contributed by atoms with Gasteiger partial charge in [0, 0.05) is 5.92 Å². The van der Waals surface area contributed by atoms with Gasteiger partial charge in [-0.05, 0) is 18.8 Å². The lowest BCUT2D eigenvalue weighted by molar-refractivity contribution is -0.120. The molecule has 0 unspecified atom stereocenters. The number of Topliss-reactive ketones (excluding diaryl/α,β-unsaturated/α-hetero) is 1. The number of carbonyl (C=O) groups excluding carboxylic acids is 1. The van der Waals surface area contributed by atoms with Crippen LogP contribution in [0, 0.1) is 11.8 Å². The van der Waals surface area contributed by atoms with Crippen LogP contribution >= 0.6 is 0 Å². The summed E-state index contributed by atoms with van der Waals surface area (Å²) in [6, 6.07) is 0. The molecule has 12 heavy (non-hydrogen) atoms. The van der Waals surface area contributed by atoms with Gasteiger partial charge in [0.15, 0.2) is 0 Å². The van der Waals surface area contributed by atoms with Gasteiger partial charge in [-0.15, -0.1) is 0 Å². The SMILES string of the molecule is CC1CCC(C(=O)C=[N+]=[N-])CC1. The highest BCUT2D eigenvalue weighted by Crippen LogP contribution is 2.28. The minimum Gasteiger partial charge on any atom is -0.361 e. The molecule has 0 heterocycles. The van der Waals surface area contributed by atoms with Crippen molar-refractivity contribution in [2.24, 2.45) is 11.8 Å². The van der Waals surface area contributed by atoms with Gasteiger partial charge in [0.25, 0.3) is 0 Å². The van der Waals surface area contributed by atoms with E-state index in [9.17, 15) is 4.79 Å². The molecule has 0 amide bonds. The summed E-state index contributed by atoms with van der Waals surface area (Å²) in [4.78, 5) is 14.0. The van der Waals surface area contributed by atoms with Crippen molar-refractivity contribution in [3.63, 3.8) is 0 Å². The van der Waals surface area contributed by atoms with Gasteiger partial charge in [-0.2, -0.15) is 4.79 Å². The lowest BCUT2D eigenvalue weighted by atomic mass is 9.81. The number of ketones is 1. The standard InChI is InChI=1S/C9H14N2O/c1-7-2-4-8(5-3-7)9(12)6-11-10/h6-8H,2-5H2,1H3. The Hall–Kier alpha value is -0.950. The first-order valence-corrected chi connectivity index (χ1v) is 4.45. The summed E-state index contributed by atoms with van der Waals surface area (Å²) in [6.07, 6.45) is 5.17. The van der Waals surface area contributed by atoms with Crippen LogP contribution in [0.4, 0.5) is 0 Å². The van der Waals surface area contributed by atoms with Crippen molar-refractivity contribution in [2.75, 3.05) is 0 Å². The average molecular weight is 166 g/mol. The van der Waals surface area contributed by atoms with Crippen LogP contribution in [0.15, 0.2) is 0 Å². The van der Waals surface area contributed by atoms with Gasteiger partial charge >= 0.3 is 6.21 Å². The Balaban J connectivity index is 2.44. The Bertz CT molecular complexity index is 211. The van der Waals surface area contributed by atoms with Crippen LogP contribution in [0.5, 0.6) is 0 Å². The van der Waals surface area contributed by atoms with Gasteiger partial charge in [0.05, 0.1) is 0 Å².